The third-order valence-corrected chi connectivity index (χ3v) is 9.51. The van der Waals surface area contributed by atoms with E-state index in [1.165, 1.54) is 51.4 Å². The molecule has 0 aliphatic heterocycles. The Kier molecular flexibility index (Phi) is 3.71. The molecule has 0 amide bonds. The smallest absolute Gasteiger partial charge is 0.0675 e. The summed E-state index contributed by atoms with van der Waals surface area (Å²) >= 11 is 0. The average Bonchev–Trinajstić information content (AvgIpc) is 2.77. The minimum atomic E-state index is -0.436. The number of hydrogen-bond acceptors (Lipinski definition) is 2. The van der Waals surface area contributed by atoms with E-state index in [2.05, 4.69) is 20.8 Å². The fourth-order valence-corrected chi connectivity index (χ4v) is 7.68. The summed E-state index contributed by atoms with van der Waals surface area (Å²) in [6, 6.07) is 0. The van der Waals surface area contributed by atoms with Gasteiger partial charge in [-0.15, -0.1) is 0 Å². The lowest BCUT2D eigenvalue weighted by Crippen LogP contribution is -2.56. The molecule has 0 heterocycles. The molecule has 4 aliphatic carbocycles. The van der Waals surface area contributed by atoms with Crippen molar-refractivity contribution in [3.63, 3.8) is 0 Å². The lowest BCUT2D eigenvalue weighted by Gasteiger charge is -2.61. The Hall–Kier alpha value is -0.0800. The third kappa shape index (κ3) is 2.13. The Morgan fingerprint density at radius 1 is 0.870 bits per heavy atom. The standard InChI is InChI=1S/C21H36O2/c1-19-10-7-15(23-4)13-14(19)5-6-16-17(19)8-11-20(2)18(16)9-12-21(20,3)22/h14-18,22H,5-13H2,1-4H3/t14-,15+,16+,17-,18-,19-,20-,21-/m0/s1. The predicted molar refractivity (Wildman–Crippen MR) is 93.1 cm³/mol. The molecule has 23 heavy (non-hydrogen) atoms. The van der Waals surface area contributed by atoms with Crippen LogP contribution < -0.4 is 0 Å². The van der Waals surface area contributed by atoms with Crippen LogP contribution in [0.4, 0.5) is 0 Å². The van der Waals surface area contributed by atoms with Crippen molar-refractivity contribution >= 4 is 0 Å². The summed E-state index contributed by atoms with van der Waals surface area (Å²) < 4.78 is 5.70. The molecule has 1 N–H and O–H groups in total. The highest BCUT2D eigenvalue weighted by Gasteiger charge is 2.63. The van der Waals surface area contributed by atoms with Crippen molar-refractivity contribution < 1.29 is 9.84 Å². The summed E-state index contributed by atoms with van der Waals surface area (Å²) in [5, 5.41) is 11.0. The zero-order valence-electron chi connectivity index (χ0n) is 15.6. The summed E-state index contributed by atoms with van der Waals surface area (Å²) in [5.41, 5.74) is 0.267. The van der Waals surface area contributed by atoms with Gasteiger partial charge in [0.05, 0.1) is 11.7 Å². The molecule has 4 fully saturated rings. The van der Waals surface area contributed by atoms with Gasteiger partial charge in [0.15, 0.2) is 0 Å². The van der Waals surface area contributed by atoms with Crippen molar-refractivity contribution in [1.82, 2.24) is 0 Å². The van der Waals surface area contributed by atoms with Crippen LogP contribution in [0.1, 0.15) is 78.6 Å². The molecule has 4 aliphatic rings. The number of hydrogen-bond donors (Lipinski definition) is 1. The van der Waals surface area contributed by atoms with Crippen molar-refractivity contribution in [2.24, 2.45) is 34.5 Å². The maximum Gasteiger partial charge on any atom is 0.0675 e. The Morgan fingerprint density at radius 2 is 1.61 bits per heavy atom. The highest BCUT2D eigenvalue weighted by Crippen LogP contribution is 2.68. The fourth-order valence-electron chi connectivity index (χ4n) is 7.68. The summed E-state index contributed by atoms with van der Waals surface area (Å²) in [5.74, 6) is 3.39. The van der Waals surface area contributed by atoms with E-state index in [4.69, 9.17) is 4.74 Å². The highest BCUT2D eigenvalue weighted by molar-refractivity contribution is 5.12. The Morgan fingerprint density at radius 3 is 2.35 bits per heavy atom. The Labute approximate surface area is 142 Å². The van der Waals surface area contributed by atoms with E-state index in [-0.39, 0.29) is 5.41 Å². The van der Waals surface area contributed by atoms with E-state index in [1.807, 2.05) is 7.11 Å². The first kappa shape index (κ1) is 16.4. The Bertz CT molecular complexity index is 472. The molecular weight excluding hydrogens is 284 g/mol. The minimum absolute atomic E-state index is 0.168. The lowest BCUT2D eigenvalue weighted by molar-refractivity contribution is -0.155. The van der Waals surface area contributed by atoms with Crippen molar-refractivity contribution in [1.29, 1.82) is 0 Å². The van der Waals surface area contributed by atoms with E-state index in [1.54, 1.807) is 0 Å². The fraction of sp³-hybridized carbons (Fsp3) is 1.00. The molecule has 0 unspecified atom stereocenters. The van der Waals surface area contributed by atoms with Gasteiger partial charge in [0, 0.05) is 7.11 Å². The summed E-state index contributed by atoms with van der Waals surface area (Å²) in [6.45, 7) is 7.12. The minimum Gasteiger partial charge on any atom is -0.390 e. The van der Waals surface area contributed by atoms with Gasteiger partial charge in [-0.1, -0.05) is 13.8 Å². The summed E-state index contributed by atoms with van der Waals surface area (Å²) in [4.78, 5) is 0. The van der Waals surface area contributed by atoms with Gasteiger partial charge >= 0.3 is 0 Å². The van der Waals surface area contributed by atoms with Gasteiger partial charge in [-0.05, 0) is 99.2 Å². The first-order valence-corrected chi connectivity index (χ1v) is 10.1. The SMILES string of the molecule is CO[C@@H]1CC[C@@]2(C)[C@@H](CC[C@@H]3[C@@H]2CC[C@@]2(C)[C@H]3CC[C@]2(C)O)C1. The van der Waals surface area contributed by atoms with Gasteiger partial charge in [-0.3, -0.25) is 0 Å². The van der Waals surface area contributed by atoms with Crippen LogP contribution in [0, 0.1) is 34.5 Å². The van der Waals surface area contributed by atoms with Crippen molar-refractivity contribution in [2.45, 2.75) is 90.3 Å². The number of aliphatic hydroxyl groups is 1. The first-order chi connectivity index (χ1) is 10.8. The molecule has 0 saturated heterocycles. The molecule has 4 saturated carbocycles. The summed E-state index contributed by atoms with van der Waals surface area (Å²) in [7, 11) is 1.89. The number of fused-ring (bicyclic) bond motifs is 5. The van der Waals surface area contributed by atoms with Crippen molar-refractivity contribution in [3.8, 4) is 0 Å². The van der Waals surface area contributed by atoms with Crippen LogP contribution in [0.15, 0.2) is 0 Å². The molecule has 2 nitrogen and oxygen atoms in total. The molecule has 132 valence electrons. The zero-order chi connectivity index (χ0) is 16.5. The van der Waals surface area contributed by atoms with Crippen LogP contribution in [0.5, 0.6) is 0 Å². The monoisotopic (exact) mass is 320 g/mol. The molecule has 0 bridgehead atoms. The molecule has 0 aromatic rings. The van der Waals surface area contributed by atoms with Crippen LogP contribution in [-0.2, 0) is 4.74 Å². The molecule has 8 atom stereocenters. The third-order valence-electron chi connectivity index (χ3n) is 9.51. The second-order valence-electron chi connectivity index (χ2n) is 10.1. The van der Waals surface area contributed by atoms with Gasteiger partial charge in [0.25, 0.3) is 0 Å². The van der Waals surface area contributed by atoms with Crippen LogP contribution >= 0.6 is 0 Å². The van der Waals surface area contributed by atoms with Crippen LogP contribution in [0.25, 0.3) is 0 Å². The Balaban J connectivity index is 1.60. The maximum absolute atomic E-state index is 11.0. The van der Waals surface area contributed by atoms with Crippen molar-refractivity contribution in [3.05, 3.63) is 0 Å². The first-order valence-electron chi connectivity index (χ1n) is 10.1. The molecule has 2 heteroatoms. The molecular formula is C21H36O2. The molecule has 0 spiro atoms. The zero-order valence-corrected chi connectivity index (χ0v) is 15.6. The van der Waals surface area contributed by atoms with Gasteiger partial charge in [0.1, 0.15) is 0 Å². The van der Waals surface area contributed by atoms with Crippen LogP contribution in [0.2, 0.25) is 0 Å². The second kappa shape index (κ2) is 5.21. The van der Waals surface area contributed by atoms with E-state index in [0.29, 0.717) is 11.5 Å². The van der Waals surface area contributed by atoms with Crippen LogP contribution in [0.3, 0.4) is 0 Å². The normalized spacial score (nSPS) is 59.1. The summed E-state index contributed by atoms with van der Waals surface area (Å²) in [6.07, 6.45) is 12.1. The topological polar surface area (TPSA) is 29.5 Å². The number of rotatable bonds is 1. The van der Waals surface area contributed by atoms with Gasteiger partial charge in [-0.25, -0.2) is 0 Å². The quantitative estimate of drug-likeness (QED) is 0.752. The second-order valence-corrected chi connectivity index (χ2v) is 10.1. The van der Waals surface area contributed by atoms with E-state index < -0.39 is 5.60 Å². The van der Waals surface area contributed by atoms with Crippen LogP contribution in [-0.4, -0.2) is 23.9 Å². The average molecular weight is 321 g/mol. The number of methoxy groups -OCH3 is 1. The predicted octanol–water partition coefficient (Wildman–Crippen LogP) is 4.80. The van der Waals surface area contributed by atoms with E-state index in [9.17, 15) is 5.11 Å². The van der Waals surface area contributed by atoms with Gasteiger partial charge < -0.3 is 9.84 Å². The van der Waals surface area contributed by atoms with E-state index >= 15 is 0 Å². The molecule has 4 rings (SSSR count). The van der Waals surface area contributed by atoms with Gasteiger partial charge in [0.2, 0.25) is 0 Å². The molecule has 0 aromatic carbocycles. The molecule has 0 aromatic heterocycles. The number of ether oxygens (including phenoxy) is 1. The van der Waals surface area contributed by atoms with E-state index in [0.717, 1.165) is 30.1 Å². The van der Waals surface area contributed by atoms with Crippen molar-refractivity contribution in [2.75, 3.05) is 7.11 Å². The largest absolute Gasteiger partial charge is 0.390 e. The maximum atomic E-state index is 11.0. The molecule has 0 radical (unpaired) electrons. The lowest BCUT2D eigenvalue weighted by atomic mass is 9.44. The van der Waals surface area contributed by atoms with Gasteiger partial charge in [-0.2, -0.15) is 0 Å². The highest BCUT2D eigenvalue weighted by atomic mass is 16.5.